The van der Waals surface area contributed by atoms with Crippen LogP contribution < -0.4 is 10.6 Å². The van der Waals surface area contributed by atoms with Crippen molar-refractivity contribution in [2.24, 2.45) is 0 Å². The zero-order valence-electron chi connectivity index (χ0n) is 15.9. The number of aromatic nitrogens is 4. The molecule has 1 aliphatic rings. The van der Waals surface area contributed by atoms with E-state index in [1.807, 2.05) is 59.6 Å². The minimum absolute atomic E-state index is 0.497. The molecule has 6 nitrogen and oxygen atoms in total. The number of hydrogen-bond acceptors (Lipinski definition) is 8. The van der Waals surface area contributed by atoms with Crippen LogP contribution >= 0.6 is 22.7 Å². The number of thiazole rings is 2. The molecular weight excluding hydrogens is 412 g/mol. The summed E-state index contributed by atoms with van der Waals surface area (Å²) in [4.78, 5) is 17.9. The maximum absolute atomic E-state index is 4.76. The summed E-state index contributed by atoms with van der Waals surface area (Å²) in [5.41, 5.74) is 3.33. The Morgan fingerprint density at radius 3 is 1.87 bits per heavy atom. The van der Waals surface area contributed by atoms with Crippen LogP contribution in [-0.4, -0.2) is 25.6 Å². The normalized spacial score (nSPS) is 14.5. The summed E-state index contributed by atoms with van der Waals surface area (Å²) in [6, 6.07) is 7.86. The topological polar surface area (TPSA) is 75.6 Å². The third-order valence-electron chi connectivity index (χ3n) is 4.65. The van der Waals surface area contributed by atoms with Gasteiger partial charge in [-0.05, 0) is 30.3 Å². The van der Waals surface area contributed by atoms with E-state index in [0.717, 1.165) is 39.2 Å². The molecule has 5 rings (SSSR count). The highest BCUT2D eigenvalue weighted by molar-refractivity contribution is 7.14. The van der Waals surface area contributed by atoms with Crippen LogP contribution in [0.25, 0.3) is 22.5 Å². The van der Waals surface area contributed by atoms with E-state index in [2.05, 4.69) is 32.8 Å². The Kier molecular flexibility index (Phi) is 5.08. The van der Waals surface area contributed by atoms with Crippen LogP contribution in [0.5, 0.6) is 0 Å². The largest absolute Gasteiger partial charge is 0.335 e. The van der Waals surface area contributed by atoms with E-state index in [9.17, 15) is 0 Å². The Hall–Kier alpha value is -3.36. The molecule has 0 saturated carbocycles. The monoisotopic (exact) mass is 430 g/mol. The molecule has 0 amide bonds. The Morgan fingerprint density at radius 2 is 1.40 bits per heavy atom. The Morgan fingerprint density at radius 1 is 0.800 bits per heavy atom. The SMILES string of the molecule is C1=CCC(Nc2nc(-c3cccnc3)cs2)(Nc2nc(-c3cccnc3)cs2)C=C1. The molecule has 0 aliphatic heterocycles. The number of allylic oxidation sites excluding steroid dienone is 2. The number of pyridine rings is 2. The first-order valence-corrected chi connectivity index (χ1v) is 11.2. The molecule has 4 aromatic heterocycles. The van der Waals surface area contributed by atoms with Gasteiger partial charge in [-0.2, -0.15) is 0 Å². The van der Waals surface area contributed by atoms with Gasteiger partial charge in [0.1, 0.15) is 5.66 Å². The molecule has 0 saturated heterocycles. The molecule has 0 bridgehead atoms. The second-order valence-electron chi connectivity index (χ2n) is 6.77. The van der Waals surface area contributed by atoms with Gasteiger partial charge in [0.15, 0.2) is 10.3 Å². The average molecular weight is 431 g/mol. The Balaban J connectivity index is 1.38. The second-order valence-corrected chi connectivity index (χ2v) is 8.49. The predicted molar refractivity (Wildman–Crippen MR) is 124 cm³/mol. The summed E-state index contributed by atoms with van der Waals surface area (Å²) in [5.74, 6) is 0. The van der Waals surface area contributed by atoms with Gasteiger partial charge >= 0.3 is 0 Å². The molecule has 148 valence electrons. The van der Waals surface area contributed by atoms with Crippen molar-refractivity contribution >= 4 is 32.9 Å². The molecule has 0 atom stereocenters. The molecule has 0 unspecified atom stereocenters. The maximum Gasteiger partial charge on any atom is 0.185 e. The summed E-state index contributed by atoms with van der Waals surface area (Å²) < 4.78 is 0. The van der Waals surface area contributed by atoms with Crippen LogP contribution in [0.1, 0.15) is 6.42 Å². The van der Waals surface area contributed by atoms with Gasteiger partial charge in [0, 0.05) is 53.1 Å². The standard InChI is InChI=1S/C22H18N6S2/c1-2-8-22(9-3-1,27-20-25-18(14-29-20)16-6-4-10-23-12-16)28-21-26-19(15-30-21)17-7-5-11-24-13-17/h1-8,10-15H,9H2,(H,25,27)(H,26,28). The zero-order chi connectivity index (χ0) is 20.2. The van der Waals surface area contributed by atoms with Gasteiger partial charge in [0.2, 0.25) is 0 Å². The molecule has 2 N–H and O–H groups in total. The first kappa shape index (κ1) is 18.7. The molecule has 8 heteroatoms. The third-order valence-corrected chi connectivity index (χ3v) is 6.17. The molecule has 0 spiro atoms. The van der Waals surface area contributed by atoms with Gasteiger partial charge in [0.05, 0.1) is 11.4 Å². The van der Waals surface area contributed by atoms with E-state index < -0.39 is 5.66 Å². The molecule has 1 aliphatic carbocycles. The summed E-state index contributed by atoms with van der Waals surface area (Å²) >= 11 is 3.15. The number of hydrogen-bond donors (Lipinski definition) is 2. The number of rotatable bonds is 6. The maximum atomic E-state index is 4.76. The summed E-state index contributed by atoms with van der Waals surface area (Å²) in [6.07, 6.45) is 16.3. The van der Waals surface area contributed by atoms with E-state index in [1.165, 1.54) is 0 Å². The highest BCUT2D eigenvalue weighted by Gasteiger charge is 2.29. The van der Waals surface area contributed by atoms with Crippen molar-refractivity contribution in [3.05, 3.63) is 84.1 Å². The van der Waals surface area contributed by atoms with Gasteiger partial charge < -0.3 is 10.6 Å². The molecule has 0 radical (unpaired) electrons. The summed E-state index contributed by atoms with van der Waals surface area (Å²) in [6.45, 7) is 0. The van der Waals surface area contributed by atoms with E-state index in [0.29, 0.717) is 0 Å². The van der Waals surface area contributed by atoms with Crippen molar-refractivity contribution < 1.29 is 0 Å². The quantitative estimate of drug-likeness (QED) is 0.396. The fourth-order valence-corrected chi connectivity index (χ4v) is 4.78. The van der Waals surface area contributed by atoms with E-state index in [4.69, 9.17) is 9.97 Å². The van der Waals surface area contributed by atoms with Gasteiger partial charge in [-0.15, -0.1) is 22.7 Å². The fourth-order valence-electron chi connectivity index (χ4n) is 3.17. The van der Waals surface area contributed by atoms with E-state index in [-0.39, 0.29) is 0 Å². The van der Waals surface area contributed by atoms with Crippen molar-refractivity contribution in [1.29, 1.82) is 0 Å². The highest BCUT2D eigenvalue weighted by Crippen LogP contribution is 2.32. The summed E-state index contributed by atoms with van der Waals surface area (Å²) in [7, 11) is 0. The van der Waals surface area contributed by atoms with Crippen LogP contribution in [0, 0.1) is 0 Å². The number of anilines is 2. The lowest BCUT2D eigenvalue weighted by atomic mass is 10.0. The number of nitrogens with one attached hydrogen (secondary N) is 2. The first-order valence-electron chi connectivity index (χ1n) is 9.42. The molecule has 0 aromatic carbocycles. The Labute approximate surface area is 182 Å². The van der Waals surface area contributed by atoms with Crippen LogP contribution in [0.2, 0.25) is 0 Å². The van der Waals surface area contributed by atoms with Gasteiger partial charge in [-0.3, -0.25) is 9.97 Å². The van der Waals surface area contributed by atoms with Crippen LogP contribution in [0.4, 0.5) is 10.3 Å². The lowest BCUT2D eigenvalue weighted by Gasteiger charge is -2.33. The van der Waals surface area contributed by atoms with Crippen LogP contribution in [-0.2, 0) is 0 Å². The number of nitrogens with zero attached hydrogens (tertiary/aromatic N) is 4. The molecule has 0 fully saturated rings. The van der Waals surface area contributed by atoms with Crippen molar-refractivity contribution in [1.82, 2.24) is 19.9 Å². The minimum Gasteiger partial charge on any atom is -0.335 e. The fraction of sp³-hybridized carbons (Fsp3) is 0.0909. The van der Waals surface area contributed by atoms with Crippen molar-refractivity contribution in [2.45, 2.75) is 12.1 Å². The van der Waals surface area contributed by atoms with E-state index >= 15 is 0 Å². The van der Waals surface area contributed by atoms with Crippen LogP contribution in [0.3, 0.4) is 0 Å². The second kappa shape index (κ2) is 8.17. The highest BCUT2D eigenvalue weighted by atomic mass is 32.1. The lowest BCUT2D eigenvalue weighted by molar-refractivity contribution is 0.656. The van der Waals surface area contributed by atoms with Crippen molar-refractivity contribution in [3.8, 4) is 22.5 Å². The lowest BCUT2D eigenvalue weighted by Crippen LogP contribution is -2.44. The first-order chi connectivity index (χ1) is 14.8. The van der Waals surface area contributed by atoms with Crippen molar-refractivity contribution in [2.75, 3.05) is 10.6 Å². The summed E-state index contributed by atoms with van der Waals surface area (Å²) in [5, 5.41) is 12.9. The minimum atomic E-state index is -0.497. The zero-order valence-corrected chi connectivity index (χ0v) is 17.5. The predicted octanol–water partition coefficient (Wildman–Crippen LogP) is 5.46. The molecule has 4 aromatic rings. The Bertz CT molecular complexity index is 1100. The molecule has 4 heterocycles. The van der Waals surface area contributed by atoms with E-state index in [1.54, 1.807) is 35.1 Å². The smallest absolute Gasteiger partial charge is 0.185 e. The molecular formula is C22H18N6S2. The van der Waals surface area contributed by atoms with Gasteiger partial charge in [0.25, 0.3) is 0 Å². The molecule has 30 heavy (non-hydrogen) atoms. The van der Waals surface area contributed by atoms with Gasteiger partial charge in [-0.25, -0.2) is 9.97 Å². The van der Waals surface area contributed by atoms with Gasteiger partial charge in [-0.1, -0.05) is 18.2 Å². The average Bonchev–Trinajstić information content (AvgIpc) is 3.45. The van der Waals surface area contributed by atoms with Crippen molar-refractivity contribution in [3.63, 3.8) is 0 Å². The van der Waals surface area contributed by atoms with Crippen LogP contribution in [0.15, 0.2) is 84.1 Å². The third kappa shape index (κ3) is 4.00.